The summed E-state index contributed by atoms with van der Waals surface area (Å²) < 4.78 is 5.54. The summed E-state index contributed by atoms with van der Waals surface area (Å²) in [6, 6.07) is 13.6. The number of benzene rings is 2. The van der Waals surface area contributed by atoms with Crippen LogP contribution in [0.1, 0.15) is 44.4 Å². The van der Waals surface area contributed by atoms with Crippen LogP contribution in [0.2, 0.25) is 0 Å². The van der Waals surface area contributed by atoms with Crippen LogP contribution in [0.15, 0.2) is 48.5 Å². The van der Waals surface area contributed by atoms with Crippen molar-refractivity contribution in [2.75, 3.05) is 5.32 Å². The maximum Gasteiger partial charge on any atom is 0.411 e. The first kappa shape index (κ1) is 23.3. The van der Waals surface area contributed by atoms with Crippen molar-refractivity contribution in [1.29, 1.82) is 0 Å². The molecule has 7 nitrogen and oxygen atoms in total. The topological polar surface area (TPSA) is 87.7 Å². The molecule has 32 heavy (non-hydrogen) atoms. The summed E-state index contributed by atoms with van der Waals surface area (Å²) in [6.07, 6.45) is -0.197. The van der Waals surface area contributed by atoms with Gasteiger partial charge in [-0.15, -0.1) is 0 Å². The maximum absolute atomic E-state index is 13.2. The molecule has 3 rings (SSSR count). The van der Waals surface area contributed by atoms with Gasteiger partial charge in [-0.25, -0.2) is 4.79 Å². The zero-order valence-corrected chi connectivity index (χ0v) is 19.3. The monoisotopic (exact) mass is 437 g/mol. The molecular weight excluding hydrogens is 406 g/mol. The van der Waals surface area contributed by atoms with Gasteiger partial charge in [-0.2, -0.15) is 0 Å². The van der Waals surface area contributed by atoms with E-state index in [1.807, 2.05) is 55.5 Å². The fourth-order valence-electron chi connectivity index (χ4n) is 3.53. The highest BCUT2D eigenvalue weighted by atomic mass is 16.6. The molecule has 2 aromatic rings. The fraction of sp³-hybridized carbons (Fsp3) is 0.400. The minimum absolute atomic E-state index is 0.271. The van der Waals surface area contributed by atoms with Gasteiger partial charge in [-0.1, -0.05) is 42.0 Å². The third kappa shape index (κ3) is 5.87. The summed E-state index contributed by atoms with van der Waals surface area (Å²) in [5.41, 5.74) is 3.04. The molecule has 7 heteroatoms. The van der Waals surface area contributed by atoms with Crippen molar-refractivity contribution in [3.05, 3.63) is 65.2 Å². The molecule has 1 aliphatic heterocycles. The number of ether oxygens (including phenoxy) is 1. The molecule has 0 unspecified atom stereocenters. The zero-order valence-electron chi connectivity index (χ0n) is 19.3. The number of amides is 3. The van der Waals surface area contributed by atoms with Gasteiger partial charge in [-0.3, -0.25) is 14.5 Å². The lowest BCUT2D eigenvalue weighted by molar-refractivity contribution is -0.130. The number of hydrogen-bond acceptors (Lipinski definition) is 4. The van der Waals surface area contributed by atoms with Crippen molar-refractivity contribution in [2.24, 2.45) is 0 Å². The van der Waals surface area contributed by atoms with Crippen LogP contribution >= 0.6 is 0 Å². The predicted octanol–water partition coefficient (Wildman–Crippen LogP) is 3.80. The Bertz CT molecular complexity index is 995. The van der Waals surface area contributed by atoms with Crippen molar-refractivity contribution in [2.45, 2.75) is 65.3 Å². The van der Waals surface area contributed by atoms with Crippen LogP contribution in [0.25, 0.3) is 0 Å². The Morgan fingerprint density at radius 2 is 1.66 bits per heavy atom. The number of carbonyl (C=O) groups is 3. The van der Waals surface area contributed by atoms with Crippen LogP contribution in [0, 0.1) is 6.92 Å². The Labute approximate surface area is 189 Å². The molecule has 170 valence electrons. The summed E-state index contributed by atoms with van der Waals surface area (Å²) in [5, 5.41) is 5.56. The maximum atomic E-state index is 13.2. The van der Waals surface area contributed by atoms with Crippen molar-refractivity contribution >= 4 is 23.6 Å². The van der Waals surface area contributed by atoms with E-state index in [0.717, 1.165) is 16.7 Å². The number of fused-ring (bicyclic) bond motifs is 1. The van der Waals surface area contributed by atoms with Crippen LogP contribution in [0.5, 0.6) is 0 Å². The van der Waals surface area contributed by atoms with E-state index in [1.165, 1.54) is 4.90 Å². The van der Waals surface area contributed by atoms with E-state index in [1.54, 1.807) is 27.7 Å². The van der Waals surface area contributed by atoms with E-state index >= 15 is 0 Å². The number of nitrogens with zero attached hydrogens (tertiary/aromatic N) is 1. The molecule has 1 aliphatic rings. The van der Waals surface area contributed by atoms with Gasteiger partial charge in [-0.05, 0) is 57.9 Å². The summed E-state index contributed by atoms with van der Waals surface area (Å²) in [7, 11) is 0. The molecule has 1 heterocycles. The second-order valence-electron chi connectivity index (χ2n) is 9.18. The smallest absolute Gasteiger partial charge is 0.411 e. The van der Waals surface area contributed by atoms with Crippen molar-refractivity contribution in [3.63, 3.8) is 0 Å². The number of rotatable bonds is 4. The number of hydrogen-bond donors (Lipinski definition) is 2. The van der Waals surface area contributed by atoms with E-state index in [9.17, 15) is 14.4 Å². The summed E-state index contributed by atoms with van der Waals surface area (Å²) in [5.74, 6) is -0.723. The van der Waals surface area contributed by atoms with E-state index < -0.39 is 29.7 Å². The van der Waals surface area contributed by atoms with Crippen molar-refractivity contribution in [1.82, 2.24) is 10.2 Å². The highest BCUT2D eigenvalue weighted by molar-refractivity contribution is 5.98. The Kier molecular flexibility index (Phi) is 6.87. The molecule has 0 fully saturated rings. The van der Waals surface area contributed by atoms with Crippen molar-refractivity contribution in [3.8, 4) is 0 Å². The van der Waals surface area contributed by atoms with Crippen LogP contribution in [-0.4, -0.2) is 40.5 Å². The van der Waals surface area contributed by atoms with Gasteiger partial charge in [0.05, 0.1) is 6.54 Å². The molecule has 0 aromatic heterocycles. The zero-order chi connectivity index (χ0) is 23.5. The minimum atomic E-state index is -0.776. The molecular formula is C25H31N3O4. The van der Waals surface area contributed by atoms with Crippen LogP contribution in [0.3, 0.4) is 0 Å². The third-order valence-electron chi connectivity index (χ3n) is 5.25. The predicted molar refractivity (Wildman–Crippen MR) is 123 cm³/mol. The summed E-state index contributed by atoms with van der Waals surface area (Å²) >= 11 is 0. The Morgan fingerprint density at radius 3 is 2.28 bits per heavy atom. The van der Waals surface area contributed by atoms with E-state index in [2.05, 4.69) is 10.6 Å². The average molecular weight is 438 g/mol. The first-order valence-corrected chi connectivity index (χ1v) is 10.8. The lowest BCUT2D eigenvalue weighted by Crippen LogP contribution is -2.56. The van der Waals surface area contributed by atoms with Gasteiger partial charge in [0.2, 0.25) is 11.8 Å². The molecule has 0 saturated carbocycles. The third-order valence-corrected chi connectivity index (χ3v) is 5.25. The van der Waals surface area contributed by atoms with Gasteiger partial charge in [0.25, 0.3) is 0 Å². The number of aryl methyl sites for hydroxylation is 1. The first-order valence-electron chi connectivity index (χ1n) is 10.8. The Morgan fingerprint density at radius 1 is 1.03 bits per heavy atom. The molecule has 0 bridgehead atoms. The minimum Gasteiger partial charge on any atom is -0.444 e. The van der Waals surface area contributed by atoms with Crippen molar-refractivity contribution < 1.29 is 19.1 Å². The number of carbonyl (C=O) groups excluding carboxylic acids is 3. The van der Waals surface area contributed by atoms with E-state index in [0.29, 0.717) is 12.1 Å². The number of anilines is 1. The SMILES string of the molecule is Cc1ccc(NC(=O)[C@H](C)NC(=O)[C@H]2Cc3ccccc3CN2C(=O)OC(C)(C)C)cc1. The largest absolute Gasteiger partial charge is 0.444 e. The molecule has 3 amide bonds. The van der Waals surface area contributed by atoms with Crippen LogP contribution < -0.4 is 10.6 Å². The van der Waals surface area contributed by atoms with Gasteiger partial charge >= 0.3 is 6.09 Å². The van der Waals surface area contributed by atoms with E-state index in [4.69, 9.17) is 4.74 Å². The Balaban J connectivity index is 1.73. The summed E-state index contributed by atoms with van der Waals surface area (Å²) in [4.78, 5) is 40.1. The fourth-order valence-corrected chi connectivity index (χ4v) is 3.53. The molecule has 2 N–H and O–H groups in total. The quantitative estimate of drug-likeness (QED) is 0.762. The lowest BCUT2D eigenvalue weighted by Gasteiger charge is -2.37. The van der Waals surface area contributed by atoms with Gasteiger partial charge in [0, 0.05) is 12.1 Å². The first-order chi connectivity index (χ1) is 15.0. The van der Waals surface area contributed by atoms with Gasteiger partial charge in [0.15, 0.2) is 0 Å². The van der Waals surface area contributed by atoms with E-state index in [-0.39, 0.29) is 12.5 Å². The van der Waals surface area contributed by atoms with Crippen LogP contribution in [0.4, 0.5) is 10.5 Å². The molecule has 2 atom stereocenters. The second kappa shape index (κ2) is 9.42. The highest BCUT2D eigenvalue weighted by Gasteiger charge is 2.37. The summed E-state index contributed by atoms with van der Waals surface area (Å²) in [6.45, 7) is 9.22. The average Bonchev–Trinajstić information content (AvgIpc) is 2.73. The second-order valence-corrected chi connectivity index (χ2v) is 9.18. The number of nitrogens with one attached hydrogen (secondary N) is 2. The molecule has 0 aliphatic carbocycles. The van der Waals surface area contributed by atoms with Gasteiger partial charge in [0.1, 0.15) is 17.7 Å². The molecule has 0 radical (unpaired) electrons. The highest BCUT2D eigenvalue weighted by Crippen LogP contribution is 2.25. The normalized spacial score (nSPS) is 16.5. The molecule has 0 spiro atoms. The molecule has 0 saturated heterocycles. The Hall–Kier alpha value is -3.35. The standard InChI is InChI=1S/C25H31N3O4/c1-16-10-12-20(13-11-16)27-22(29)17(2)26-23(30)21-14-18-8-6-7-9-19(18)15-28(21)24(31)32-25(3,4)5/h6-13,17,21H,14-15H2,1-5H3,(H,26,30)(H,27,29)/t17-,21+/m0/s1. The molecule has 2 aromatic carbocycles. The van der Waals surface area contributed by atoms with Crippen LogP contribution in [-0.2, 0) is 27.3 Å². The lowest BCUT2D eigenvalue weighted by atomic mass is 9.93. The van der Waals surface area contributed by atoms with Gasteiger partial charge < -0.3 is 15.4 Å².